The van der Waals surface area contributed by atoms with Crippen molar-refractivity contribution in [1.82, 2.24) is 24.9 Å². The van der Waals surface area contributed by atoms with Gasteiger partial charge in [0.25, 0.3) is 11.5 Å². The van der Waals surface area contributed by atoms with Crippen molar-refractivity contribution in [3.05, 3.63) is 81.0 Å². The van der Waals surface area contributed by atoms with Crippen LogP contribution in [-0.4, -0.2) is 32.6 Å². The average Bonchev–Trinajstić information content (AvgIpc) is 3.21. The number of nitrogens with zero attached hydrogens (tertiary/aromatic N) is 3. The molecule has 2 N–H and O–H groups in total. The first kappa shape index (κ1) is 20.6. The molecule has 0 fully saturated rings. The third-order valence-electron chi connectivity index (χ3n) is 4.99. The number of aromatic amines is 1. The van der Waals surface area contributed by atoms with Crippen LogP contribution in [0.3, 0.4) is 0 Å². The fraction of sp³-hybridized carbons (Fsp3) is 0.182. The summed E-state index contributed by atoms with van der Waals surface area (Å²) < 4.78 is 6.46. The van der Waals surface area contributed by atoms with Crippen LogP contribution in [0.15, 0.2) is 53.6 Å². The number of ether oxygens (including phenoxy) is 1. The number of benzene rings is 1. The Morgan fingerprint density at radius 3 is 2.74 bits per heavy atom. The number of carbonyl (C=O) groups is 1. The van der Waals surface area contributed by atoms with Crippen LogP contribution < -0.4 is 15.6 Å². The molecular formula is C22H20ClN5O3. The Morgan fingerprint density at radius 1 is 1.26 bits per heavy atom. The highest BCUT2D eigenvalue weighted by Crippen LogP contribution is 2.23. The van der Waals surface area contributed by atoms with E-state index in [1.54, 1.807) is 24.5 Å². The fourth-order valence-electron chi connectivity index (χ4n) is 3.20. The monoisotopic (exact) mass is 437 g/mol. The molecule has 8 nitrogen and oxygen atoms in total. The summed E-state index contributed by atoms with van der Waals surface area (Å²) in [6, 6.07) is 10.2. The molecule has 0 saturated carbocycles. The van der Waals surface area contributed by atoms with Crippen molar-refractivity contribution < 1.29 is 9.53 Å². The normalized spacial score (nSPS) is 12.0. The van der Waals surface area contributed by atoms with Gasteiger partial charge in [-0.25, -0.2) is 9.50 Å². The molecule has 1 unspecified atom stereocenters. The van der Waals surface area contributed by atoms with E-state index in [9.17, 15) is 9.59 Å². The van der Waals surface area contributed by atoms with Gasteiger partial charge in [-0.15, -0.1) is 0 Å². The van der Waals surface area contributed by atoms with Crippen LogP contribution in [0.5, 0.6) is 5.88 Å². The van der Waals surface area contributed by atoms with E-state index in [0.29, 0.717) is 16.6 Å². The van der Waals surface area contributed by atoms with Crippen LogP contribution in [0.25, 0.3) is 16.8 Å². The molecule has 0 aliphatic carbocycles. The zero-order valence-corrected chi connectivity index (χ0v) is 17.9. The number of hydrogen-bond acceptors (Lipinski definition) is 5. The van der Waals surface area contributed by atoms with E-state index in [1.165, 1.54) is 17.7 Å². The Labute approximate surface area is 182 Å². The predicted octanol–water partition coefficient (Wildman–Crippen LogP) is 3.55. The molecule has 1 aromatic carbocycles. The van der Waals surface area contributed by atoms with E-state index in [-0.39, 0.29) is 22.8 Å². The minimum absolute atomic E-state index is 0.142. The lowest BCUT2D eigenvalue weighted by molar-refractivity contribution is 0.0934. The Bertz CT molecular complexity index is 1330. The van der Waals surface area contributed by atoms with Gasteiger partial charge in [0.2, 0.25) is 5.88 Å². The van der Waals surface area contributed by atoms with Crippen molar-refractivity contribution >= 4 is 23.0 Å². The Hall–Kier alpha value is -3.65. The van der Waals surface area contributed by atoms with Crippen LogP contribution in [0, 0.1) is 6.92 Å². The number of pyridine rings is 1. The van der Waals surface area contributed by atoms with Gasteiger partial charge >= 0.3 is 0 Å². The number of aromatic nitrogens is 4. The molecule has 0 spiro atoms. The zero-order chi connectivity index (χ0) is 22.1. The molecule has 0 aliphatic heterocycles. The molecule has 31 heavy (non-hydrogen) atoms. The molecule has 0 aliphatic rings. The van der Waals surface area contributed by atoms with Gasteiger partial charge in [0, 0.05) is 23.4 Å². The quantitative estimate of drug-likeness (QED) is 0.497. The summed E-state index contributed by atoms with van der Waals surface area (Å²) in [7, 11) is 1.54. The summed E-state index contributed by atoms with van der Waals surface area (Å²) >= 11 is 6.09. The Morgan fingerprint density at radius 2 is 2.06 bits per heavy atom. The summed E-state index contributed by atoms with van der Waals surface area (Å²) in [6.07, 6.45) is 3.31. The number of amides is 1. The van der Waals surface area contributed by atoms with Gasteiger partial charge in [0.15, 0.2) is 5.69 Å². The standard InChI is InChI=1S/C22H20ClN5O3/c1-12-8-14(4-6-16(12)23)18-11-28-19(22(30)26-18)9-17(27-28)21(29)25-13(2)15-5-7-20(31-3)24-10-15/h4-11,13H,1-3H3,(H,25,29)(H,26,30). The number of fused-ring (bicyclic) bond motifs is 1. The summed E-state index contributed by atoms with van der Waals surface area (Å²) in [5, 5.41) is 7.81. The molecule has 0 bridgehead atoms. The number of nitrogens with one attached hydrogen (secondary N) is 2. The third kappa shape index (κ3) is 4.15. The first-order valence-electron chi connectivity index (χ1n) is 9.55. The molecule has 3 aromatic heterocycles. The lowest BCUT2D eigenvalue weighted by atomic mass is 10.1. The van der Waals surface area contributed by atoms with Crippen molar-refractivity contribution in [2.45, 2.75) is 19.9 Å². The van der Waals surface area contributed by atoms with Crippen molar-refractivity contribution in [1.29, 1.82) is 0 Å². The molecule has 158 valence electrons. The Kier molecular flexibility index (Phi) is 5.48. The zero-order valence-electron chi connectivity index (χ0n) is 17.1. The van der Waals surface area contributed by atoms with Gasteiger partial charge in [-0.05, 0) is 42.7 Å². The molecular weight excluding hydrogens is 418 g/mol. The maximum absolute atomic E-state index is 12.7. The minimum atomic E-state index is -0.393. The highest BCUT2D eigenvalue weighted by molar-refractivity contribution is 6.31. The summed E-state index contributed by atoms with van der Waals surface area (Å²) in [6.45, 7) is 3.73. The molecule has 1 atom stereocenters. The molecule has 9 heteroatoms. The van der Waals surface area contributed by atoms with Gasteiger partial charge in [0.1, 0.15) is 5.52 Å². The molecule has 0 radical (unpaired) electrons. The van der Waals surface area contributed by atoms with E-state index in [1.807, 2.05) is 32.0 Å². The van der Waals surface area contributed by atoms with E-state index < -0.39 is 5.91 Å². The van der Waals surface area contributed by atoms with Crippen molar-refractivity contribution in [3.8, 4) is 17.1 Å². The highest BCUT2D eigenvalue weighted by atomic mass is 35.5. The first-order chi connectivity index (χ1) is 14.9. The number of hydrogen-bond donors (Lipinski definition) is 2. The second-order valence-corrected chi connectivity index (χ2v) is 7.56. The first-order valence-corrected chi connectivity index (χ1v) is 9.93. The number of halogens is 1. The van der Waals surface area contributed by atoms with E-state index in [4.69, 9.17) is 16.3 Å². The fourth-order valence-corrected chi connectivity index (χ4v) is 3.31. The van der Waals surface area contributed by atoms with Crippen LogP contribution in [0.4, 0.5) is 0 Å². The number of rotatable bonds is 5. The lowest BCUT2D eigenvalue weighted by Gasteiger charge is -2.13. The largest absolute Gasteiger partial charge is 0.481 e. The SMILES string of the molecule is COc1ccc(C(C)NC(=O)c2cc3c(=O)[nH]c(-c4ccc(Cl)c(C)c4)cn3n2)cn1. The topological polar surface area (TPSA) is 101 Å². The van der Waals surface area contributed by atoms with Gasteiger partial charge in [-0.3, -0.25) is 9.59 Å². The number of aryl methyl sites for hydroxylation is 1. The van der Waals surface area contributed by atoms with Gasteiger partial charge < -0.3 is 15.0 Å². The maximum Gasteiger partial charge on any atom is 0.274 e. The van der Waals surface area contributed by atoms with Gasteiger partial charge in [-0.1, -0.05) is 23.7 Å². The van der Waals surface area contributed by atoms with Crippen molar-refractivity contribution in [2.75, 3.05) is 7.11 Å². The van der Waals surface area contributed by atoms with E-state index >= 15 is 0 Å². The van der Waals surface area contributed by atoms with Crippen LogP contribution in [-0.2, 0) is 0 Å². The van der Waals surface area contributed by atoms with E-state index in [2.05, 4.69) is 20.4 Å². The third-order valence-corrected chi connectivity index (χ3v) is 5.41. The maximum atomic E-state index is 12.7. The summed E-state index contributed by atoms with van der Waals surface area (Å²) in [5.41, 5.74) is 3.15. The molecule has 3 heterocycles. The molecule has 0 saturated heterocycles. The minimum Gasteiger partial charge on any atom is -0.481 e. The predicted molar refractivity (Wildman–Crippen MR) is 118 cm³/mol. The van der Waals surface area contributed by atoms with Gasteiger partial charge in [0.05, 0.1) is 25.0 Å². The highest BCUT2D eigenvalue weighted by Gasteiger charge is 2.17. The Balaban J connectivity index is 1.60. The molecule has 1 amide bonds. The number of carbonyl (C=O) groups excluding carboxylic acids is 1. The second-order valence-electron chi connectivity index (χ2n) is 7.15. The number of H-pyrrole nitrogens is 1. The lowest BCUT2D eigenvalue weighted by Crippen LogP contribution is -2.27. The van der Waals surface area contributed by atoms with Crippen LogP contribution in [0.2, 0.25) is 5.02 Å². The molecule has 4 rings (SSSR count). The summed E-state index contributed by atoms with van der Waals surface area (Å²) in [5.74, 6) is 0.101. The second kappa shape index (κ2) is 8.23. The van der Waals surface area contributed by atoms with Crippen LogP contribution in [0.1, 0.15) is 34.6 Å². The number of methoxy groups -OCH3 is 1. The van der Waals surface area contributed by atoms with E-state index in [0.717, 1.165) is 16.7 Å². The van der Waals surface area contributed by atoms with Gasteiger partial charge in [-0.2, -0.15) is 5.10 Å². The molecule has 4 aromatic rings. The smallest absolute Gasteiger partial charge is 0.274 e. The summed E-state index contributed by atoms with van der Waals surface area (Å²) in [4.78, 5) is 32.3. The van der Waals surface area contributed by atoms with Crippen molar-refractivity contribution in [2.24, 2.45) is 0 Å². The van der Waals surface area contributed by atoms with Crippen LogP contribution >= 0.6 is 11.6 Å². The average molecular weight is 438 g/mol. The van der Waals surface area contributed by atoms with Crippen molar-refractivity contribution in [3.63, 3.8) is 0 Å².